The SMILES string of the molecule is C[C@H](CNC(=O)N(C)[C@@H]1CCS(=O)(=O)C1)N1CCCC1. The number of urea groups is 1. The Morgan fingerprint density at radius 3 is 2.60 bits per heavy atom. The Kier molecular flexibility index (Phi) is 4.90. The molecule has 2 rings (SSSR count). The summed E-state index contributed by atoms with van der Waals surface area (Å²) in [6, 6.07) is -0.0117. The maximum atomic E-state index is 12.1. The molecule has 0 aromatic heterocycles. The number of sulfone groups is 1. The van der Waals surface area contributed by atoms with Gasteiger partial charge in [0, 0.05) is 25.7 Å². The van der Waals surface area contributed by atoms with Crippen LogP contribution in [0.4, 0.5) is 4.79 Å². The van der Waals surface area contributed by atoms with Crippen LogP contribution in [0.3, 0.4) is 0 Å². The number of likely N-dealkylation sites (tertiary alicyclic amines) is 1. The standard InChI is InChI=1S/C13H25N3O3S/c1-11(16-6-3-4-7-16)9-14-13(17)15(2)12-5-8-20(18,19)10-12/h11-12H,3-10H2,1-2H3,(H,14,17)/t11-,12-/m1/s1. The predicted octanol–water partition coefficient (Wildman–Crippen LogP) is 0.299. The summed E-state index contributed by atoms with van der Waals surface area (Å²) >= 11 is 0. The maximum absolute atomic E-state index is 12.1. The largest absolute Gasteiger partial charge is 0.336 e. The molecule has 0 aromatic rings. The van der Waals surface area contributed by atoms with Crippen LogP contribution in [0.5, 0.6) is 0 Å². The normalized spacial score (nSPS) is 27.4. The number of nitrogens with zero attached hydrogens (tertiary/aromatic N) is 2. The average molecular weight is 303 g/mol. The molecule has 2 saturated heterocycles. The fraction of sp³-hybridized carbons (Fsp3) is 0.923. The van der Waals surface area contributed by atoms with Gasteiger partial charge in [-0.3, -0.25) is 4.90 Å². The maximum Gasteiger partial charge on any atom is 0.317 e. The van der Waals surface area contributed by atoms with Crippen molar-refractivity contribution in [2.75, 3.05) is 38.2 Å². The van der Waals surface area contributed by atoms with Gasteiger partial charge in [-0.1, -0.05) is 0 Å². The molecule has 1 N–H and O–H groups in total. The first kappa shape index (κ1) is 15.6. The number of amides is 2. The first-order valence-electron chi connectivity index (χ1n) is 7.34. The summed E-state index contributed by atoms with van der Waals surface area (Å²) < 4.78 is 22.9. The molecule has 6 nitrogen and oxygen atoms in total. The first-order chi connectivity index (χ1) is 9.39. The molecule has 2 aliphatic rings. The van der Waals surface area contributed by atoms with Gasteiger partial charge in [-0.05, 0) is 39.3 Å². The van der Waals surface area contributed by atoms with Gasteiger partial charge in [0.2, 0.25) is 0 Å². The van der Waals surface area contributed by atoms with Gasteiger partial charge < -0.3 is 10.2 Å². The monoisotopic (exact) mass is 303 g/mol. The van der Waals surface area contributed by atoms with Crippen LogP contribution in [0, 0.1) is 0 Å². The van der Waals surface area contributed by atoms with Gasteiger partial charge in [0.05, 0.1) is 11.5 Å². The van der Waals surface area contributed by atoms with Crippen LogP contribution in [0.25, 0.3) is 0 Å². The lowest BCUT2D eigenvalue weighted by Crippen LogP contribution is -2.48. The van der Waals surface area contributed by atoms with Crippen molar-refractivity contribution in [2.24, 2.45) is 0 Å². The molecule has 20 heavy (non-hydrogen) atoms. The smallest absolute Gasteiger partial charge is 0.317 e. The summed E-state index contributed by atoms with van der Waals surface area (Å²) in [5.41, 5.74) is 0. The lowest BCUT2D eigenvalue weighted by molar-refractivity contribution is 0.187. The van der Waals surface area contributed by atoms with E-state index in [0.717, 1.165) is 13.1 Å². The number of hydrogen-bond acceptors (Lipinski definition) is 4. The van der Waals surface area contributed by atoms with Gasteiger partial charge in [0.25, 0.3) is 0 Å². The van der Waals surface area contributed by atoms with Crippen LogP contribution < -0.4 is 5.32 Å². The van der Waals surface area contributed by atoms with E-state index in [0.29, 0.717) is 19.0 Å². The Labute approximate surface area is 121 Å². The second-order valence-electron chi connectivity index (χ2n) is 5.95. The number of rotatable bonds is 4. The lowest BCUT2D eigenvalue weighted by Gasteiger charge is -2.27. The highest BCUT2D eigenvalue weighted by atomic mass is 32.2. The third-order valence-electron chi connectivity index (χ3n) is 4.39. The van der Waals surface area contributed by atoms with Gasteiger partial charge in [0.1, 0.15) is 0 Å². The van der Waals surface area contributed by atoms with E-state index in [1.54, 1.807) is 11.9 Å². The zero-order valence-electron chi connectivity index (χ0n) is 12.3. The van der Waals surface area contributed by atoms with Crippen molar-refractivity contribution in [3.05, 3.63) is 0 Å². The molecule has 0 aliphatic carbocycles. The van der Waals surface area contributed by atoms with E-state index in [1.165, 1.54) is 12.8 Å². The van der Waals surface area contributed by atoms with E-state index in [-0.39, 0.29) is 23.6 Å². The summed E-state index contributed by atoms with van der Waals surface area (Å²) in [6.07, 6.45) is 3.02. The molecular weight excluding hydrogens is 278 g/mol. The summed E-state index contributed by atoms with van der Waals surface area (Å²) in [6.45, 7) is 4.94. The van der Waals surface area contributed by atoms with Crippen LogP contribution in [0.2, 0.25) is 0 Å². The van der Waals surface area contributed by atoms with E-state index in [4.69, 9.17) is 0 Å². The van der Waals surface area contributed by atoms with Crippen LogP contribution >= 0.6 is 0 Å². The van der Waals surface area contributed by atoms with Crippen LogP contribution in [-0.2, 0) is 9.84 Å². The quantitative estimate of drug-likeness (QED) is 0.811. The summed E-state index contributed by atoms with van der Waals surface area (Å²) in [4.78, 5) is 16.0. The van der Waals surface area contributed by atoms with E-state index >= 15 is 0 Å². The second kappa shape index (κ2) is 6.30. The average Bonchev–Trinajstić information content (AvgIpc) is 3.03. The van der Waals surface area contributed by atoms with Gasteiger partial charge in [0.15, 0.2) is 9.84 Å². The minimum Gasteiger partial charge on any atom is -0.336 e. The van der Waals surface area contributed by atoms with Crippen molar-refractivity contribution >= 4 is 15.9 Å². The van der Waals surface area contributed by atoms with Gasteiger partial charge in [-0.2, -0.15) is 0 Å². The van der Waals surface area contributed by atoms with Gasteiger partial charge >= 0.3 is 6.03 Å². The Balaban J connectivity index is 1.76. The Morgan fingerprint density at radius 1 is 1.40 bits per heavy atom. The molecule has 0 unspecified atom stereocenters. The molecule has 116 valence electrons. The van der Waals surface area contributed by atoms with E-state index in [9.17, 15) is 13.2 Å². The lowest BCUT2D eigenvalue weighted by atomic mass is 10.2. The van der Waals surface area contributed by atoms with Crippen molar-refractivity contribution in [2.45, 2.75) is 38.3 Å². The number of hydrogen-bond donors (Lipinski definition) is 1. The molecule has 0 bridgehead atoms. The fourth-order valence-corrected chi connectivity index (χ4v) is 4.69. The number of carbonyl (C=O) groups is 1. The molecule has 0 radical (unpaired) electrons. The zero-order valence-corrected chi connectivity index (χ0v) is 13.2. The number of carbonyl (C=O) groups excluding carboxylic acids is 1. The Bertz CT molecular complexity index is 446. The molecule has 0 aromatic carbocycles. The van der Waals surface area contributed by atoms with Crippen LogP contribution in [0.15, 0.2) is 0 Å². The molecule has 2 fully saturated rings. The third-order valence-corrected chi connectivity index (χ3v) is 6.14. The summed E-state index contributed by atoms with van der Waals surface area (Å²) in [5, 5.41) is 2.91. The second-order valence-corrected chi connectivity index (χ2v) is 8.17. The highest BCUT2D eigenvalue weighted by molar-refractivity contribution is 7.91. The third kappa shape index (κ3) is 3.85. The summed E-state index contributed by atoms with van der Waals surface area (Å²) in [5.74, 6) is 0.290. The molecule has 2 heterocycles. The molecule has 0 spiro atoms. The molecule has 2 aliphatic heterocycles. The molecule has 2 amide bonds. The van der Waals surface area contributed by atoms with Crippen LogP contribution in [0.1, 0.15) is 26.2 Å². The van der Waals surface area contributed by atoms with E-state index in [2.05, 4.69) is 17.1 Å². The predicted molar refractivity (Wildman–Crippen MR) is 78.5 cm³/mol. The Hall–Kier alpha value is -0.820. The minimum absolute atomic E-state index is 0.0958. The van der Waals surface area contributed by atoms with Crippen molar-refractivity contribution in [1.82, 2.24) is 15.1 Å². The highest BCUT2D eigenvalue weighted by Crippen LogP contribution is 2.16. The Morgan fingerprint density at radius 2 is 2.05 bits per heavy atom. The van der Waals surface area contributed by atoms with E-state index < -0.39 is 9.84 Å². The van der Waals surface area contributed by atoms with Gasteiger partial charge in [-0.25, -0.2) is 13.2 Å². The van der Waals surface area contributed by atoms with Crippen molar-refractivity contribution in [3.63, 3.8) is 0 Å². The number of nitrogens with one attached hydrogen (secondary N) is 1. The summed E-state index contributed by atoms with van der Waals surface area (Å²) in [7, 11) is -1.27. The fourth-order valence-electron chi connectivity index (χ4n) is 2.92. The van der Waals surface area contributed by atoms with E-state index in [1.807, 2.05) is 0 Å². The molecule has 0 saturated carbocycles. The van der Waals surface area contributed by atoms with Crippen molar-refractivity contribution in [1.29, 1.82) is 0 Å². The van der Waals surface area contributed by atoms with Gasteiger partial charge in [-0.15, -0.1) is 0 Å². The zero-order chi connectivity index (χ0) is 14.8. The van der Waals surface area contributed by atoms with Crippen molar-refractivity contribution < 1.29 is 13.2 Å². The van der Waals surface area contributed by atoms with Crippen molar-refractivity contribution in [3.8, 4) is 0 Å². The first-order valence-corrected chi connectivity index (χ1v) is 9.16. The highest BCUT2D eigenvalue weighted by Gasteiger charge is 2.32. The molecule has 7 heteroatoms. The van der Waals surface area contributed by atoms with Crippen LogP contribution in [-0.4, -0.2) is 74.5 Å². The molecule has 2 atom stereocenters. The topological polar surface area (TPSA) is 69.7 Å². The molecular formula is C13H25N3O3S. The minimum atomic E-state index is -2.95.